The smallest absolute Gasteiger partial charge is 0.266 e. The van der Waals surface area contributed by atoms with E-state index >= 15 is 0 Å². The molecule has 1 heterocycles. The Hall–Kier alpha value is -0.430. The molecule has 0 aromatic carbocycles. The summed E-state index contributed by atoms with van der Waals surface area (Å²) in [6.07, 6.45) is 2.79. The molecule has 4 nitrogen and oxygen atoms in total. The van der Waals surface area contributed by atoms with Gasteiger partial charge in [0.05, 0.1) is 3.57 Å². The van der Waals surface area contributed by atoms with E-state index in [2.05, 4.69) is 24.1 Å². The van der Waals surface area contributed by atoms with E-state index in [1.54, 1.807) is 10.8 Å². The van der Waals surface area contributed by atoms with Crippen molar-refractivity contribution in [3.05, 3.63) is 25.9 Å². The van der Waals surface area contributed by atoms with Crippen molar-refractivity contribution < 1.29 is 0 Å². The summed E-state index contributed by atoms with van der Waals surface area (Å²) in [6.45, 7) is 8.79. The zero-order valence-corrected chi connectivity index (χ0v) is 12.8. The van der Waals surface area contributed by atoms with Gasteiger partial charge in [-0.1, -0.05) is 13.8 Å². The lowest BCUT2D eigenvalue weighted by atomic mass is 10.1. The van der Waals surface area contributed by atoms with Gasteiger partial charge in [0.15, 0.2) is 0 Å². The van der Waals surface area contributed by atoms with Crippen LogP contribution in [-0.2, 0) is 6.54 Å². The molecule has 0 saturated carbocycles. The summed E-state index contributed by atoms with van der Waals surface area (Å²) in [5.41, 5.74) is 0.0590. The van der Waals surface area contributed by atoms with Crippen LogP contribution in [0.4, 0.5) is 0 Å². The molecule has 0 unspecified atom stereocenters. The fraction of sp³-hybridized carbons (Fsp3) is 0.667. The van der Waals surface area contributed by atoms with E-state index in [1.165, 1.54) is 6.42 Å². The maximum atomic E-state index is 11.8. The predicted octanol–water partition coefficient (Wildman–Crippen LogP) is 1.79. The summed E-state index contributed by atoms with van der Waals surface area (Å²) in [5.74, 6) is 1.49. The summed E-state index contributed by atoms with van der Waals surface area (Å²) < 4.78 is 2.40. The number of rotatable bonds is 6. The SMILES string of the molecule is Cc1ncc(I)c(=O)n1CCNCCC(C)C. The molecule has 96 valence electrons. The molecule has 0 fully saturated rings. The van der Waals surface area contributed by atoms with E-state index in [-0.39, 0.29) is 5.56 Å². The van der Waals surface area contributed by atoms with Crippen LogP contribution >= 0.6 is 22.6 Å². The standard InChI is InChI=1S/C12H20IN3O/c1-9(2)4-5-14-6-7-16-10(3)15-8-11(13)12(16)17/h8-9,14H,4-7H2,1-3H3. The molecule has 17 heavy (non-hydrogen) atoms. The van der Waals surface area contributed by atoms with Crippen molar-refractivity contribution in [2.45, 2.75) is 33.7 Å². The van der Waals surface area contributed by atoms with Gasteiger partial charge < -0.3 is 5.32 Å². The quantitative estimate of drug-likeness (QED) is 0.629. The van der Waals surface area contributed by atoms with Gasteiger partial charge in [-0.3, -0.25) is 9.36 Å². The molecule has 1 aromatic heterocycles. The van der Waals surface area contributed by atoms with Crippen LogP contribution in [0.5, 0.6) is 0 Å². The first kappa shape index (κ1) is 14.6. The number of aromatic nitrogens is 2. The number of nitrogens with zero attached hydrogens (tertiary/aromatic N) is 2. The molecule has 0 aliphatic carbocycles. The van der Waals surface area contributed by atoms with Crippen LogP contribution in [0.2, 0.25) is 0 Å². The summed E-state index contributed by atoms with van der Waals surface area (Å²) in [4.78, 5) is 16.0. The Morgan fingerprint density at radius 3 is 2.82 bits per heavy atom. The van der Waals surface area contributed by atoms with Crippen LogP contribution in [0.1, 0.15) is 26.1 Å². The molecule has 0 saturated heterocycles. The first-order chi connectivity index (χ1) is 8.02. The van der Waals surface area contributed by atoms with E-state index in [1.807, 2.05) is 29.5 Å². The third-order valence-corrected chi connectivity index (χ3v) is 3.36. The van der Waals surface area contributed by atoms with E-state index in [9.17, 15) is 4.79 Å². The van der Waals surface area contributed by atoms with E-state index in [4.69, 9.17) is 0 Å². The molecular weight excluding hydrogens is 329 g/mol. The summed E-state index contributed by atoms with van der Waals surface area (Å²) in [5, 5.41) is 3.35. The molecule has 0 amide bonds. The number of hydrogen-bond acceptors (Lipinski definition) is 3. The minimum absolute atomic E-state index is 0.0590. The Morgan fingerprint density at radius 1 is 1.47 bits per heavy atom. The lowest BCUT2D eigenvalue weighted by molar-refractivity contribution is 0.509. The molecule has 1 aromatic rings. The van der Waals surface area contributed by atoms with Gasteiger partial charge in [0.25, 0.3) is 5.56 Å². The highest BCUT2D eigenvalue weighted by molar-refractivity contribution is 14.1. The van der Waals surface area contributed by atoms with Crippen LogP contribution in [0.25, 0.3) is 0 Å². The third-order valence-electron chi connectivity index (χ3n) is 2.62. The first-order valence-corrected chi connectivity index (χ1v) is 7.03. The van der Waals surface area contributed by atoms with Gasteiger partial charge in [-0.2, -0.15) is 0 Å². The van der Waals surface area contributed by atoms with Gasteiger partial charge in [0.2, 0.25) is 0 Å². The molecule has 1 N–H and O–H groups in total. The van der Waals surface area contributed by atoms with Gasteiger partial charge >= 0.3 is 0 Å². The maximum Gasteiger partial charge on any atom is 0.266 e. The van der Waals surface area contributed by atoms with E-state index in [0.717, 1.165) is 18.9 Å². The molecule has 0 aliphatic heterocycles. The second-order valence-electron chi connectivity index (χ2n) is 4.54. The van der Waals surface area contributed by atoms with Crippen molar-refractivity contribution in [3.63, 3.8) is 0 Å². The molecule has 0 bridgehead atoms. The highest BCUT2D eigenvalue weighted by Crippen LogP contribution is 1.98. The number of nitrogens with one attached hydrogen (secondary N) is 1. The van der Waals surface area contributed by atoms with Crippen molar-refractivity contribution in [3.8, 4) is 0 Å². The average molecular weight is 349 g/mol. The number of hydrogen-bond donors (Lipinski definition) is 1. The van der Waals surface area contributed by atoms with Crippen molar-refractivity contribution in [1.29, 1.82) is 0 Å². The summed E-state index contributed by atoms with van der Waals surface area (Å²) in [7, 11) is 0. The Balaban J connectivity index is 2.47. The van der Waals surface area contributed by atoms with Gasteiger partial charge in [-0.15, -0.1) is 0 Å². The lowest BCUT2D eigenvalue weighted by Crippen LogP contribution is -2.31. The van der Waals surface area contributed by atoms with Crippen molar-refractivity contribution in [2.75, 3.05) is 13.1 Å². The summed E-state index contributed by atoms with van der Waals surface area (Å²) >= 11 is 2.03. The second-order valence-corrected chi connectivity index (χ2v) is 5.70. The Labute approximate surface area is 116 Å². The predicted molar refractivity (Wildman–Crippen MR) is 78.3 cm³/mol. The maximum absolute atomic E-state index is 11.8. The van der Waals surface area contributed by atoms with Crippen molar-refractivity contribution in [2.24, 2.45) is 5.92 Å². The minimum atomic E-state index is 0.0590. The zero-order chi connectivity index (χ0) is 12.8. The van der Waals surface area contributed by atoms with Gasteiger partial charge in [0.1, 0.15) is 5.82 Å². The monoisotopic (exact) mass is 349 g/mol. The van der Waals surface area contributed by atoms with Crippen LogP contribution in [0.3, 0.4) is 0 Å². The first-order valence-electron chi connectivity index (χ1n) is 5.95. The molecule has 0 spiro atoms. The van der Waals surface area contributed by atoms with Crippen molar-refractivity contribution >= 4 is 22.6 Å². The lowest BCUT2D eigenvalue weighted by Gasteiger charge is -2.10. The van der Waals surface area contributed by atoms with Crippen molar-refractivity contribution in [1.82, 2.24) is 14.9 Å². The molecular formula is C12H20IN3O. The Bertz CT molecular complexity index is 415. The van der Waals surface area contributed by atoms with Crippen LogP contribution < -0.4 is 10.9 Å². The van der Waals surface area contributed by atoms with Crippen LogP contribution in [0.15, 0.2) is 11.0 Å². The molecule has 0 aliphatic rings. The van der Waals surface area contributed by atoms with E-state index in [0.29, 0.717) is 16.0 Å². The molecule has 0 atom stereocenters. The van der Waals surface area contributed by atoms with Crippen LogP contribution in [-0.4, -0.2) is 22.6 Å². The fourth-order valence-corrected chi connectivity index (χ4v) is 1.95. The zero-order valence-electron chi connectivity index (χ0n) is 10.7. The van der Waals surface area contributed by atoms with Crippen LogP contribution in [0, 0.1) is 16.4 Å². The third kappa shape index (κ3) is 4.75. The van der Waals surface area contributed by atoms with Gasteiger partial charge in [-0.25, -0.2) is 4.98 Å². The summed E-state index contributed by atoms with van der Waals surface area (Å²) in [6, 6.07) is 0. The molecule has 0 radical (unpaired) electrons. The van der Waals surface area contributed by atoms with Gasteiger partial charge in [-0.05, 0) is 48.4 Å². The topological polar surface area (TPSA) is 46.9 Å². The average Bonchev–Trinajstić information content (AvgIpc) is 2.27. The number of aryl methyl sites for hydroxylation is 1. The minimum Gasteiger partial charge on any atom is -0.315 e. The highest BCUT2D eigenvalue weighted by Gasteiger charge is 2.04. The largest absolute Gasteiger partial charge is 0.315 e. The fourth-order valence-electron chi connectivity index (χ4n) is 1.52. The Morgan fingerprint density at radius 2 is 2.18 bits per heavy atom. The van der Waals surface area contributed by atoms with Gasteiger partial charge in [0, 0.05) is 19.3 Å². The normalized spacial score (nSPS) is 11.1. The number of halogens is 1. The molecule has 1 rings (SSSR count). The van der Waals surface area contributed by atoms with E-state index < -0.39 is 0 Å². The highest BCUT2D eigenvalue weighted by atomic mass is 127. The molecule has 5 heteroatoms. The second kappa shape index (κ2) is 7.10. The Kier molecular flexibility index (Phi) is 6.11.